The highest BCUT2D eigenvalue weighted by molar-refractivity contribution is 6.43. The fraction of sp³-hybridized carbons (Fsp3) is 0.688. The fourth-order valence-corrected chi connectivity index (χ4v) is 2.93. The maximum atomic E-state index is 12.3. The molecule has 0 heterocycles. The van der Waals surface area contributed by atoms with Gasteiger partial charge in [0.25, 0.3) is 5.91 Å². The lowest BCUT2D eigenvalue weighted by Crippen LogP contribution is -2.45. The average Bonchev–Trinajstić information content (AvgIpc) is 3.30. The molecule has 2 rings (SSSR count). The summed E-state index contributed by atoms with van der Waals surface area (Å²) < 4.78 is 0. The van der Waals surface area contributed by atoms with Crippen molar-refractivity contribution in [3.05, 3.63) is 12.3 Å². The minimum atomic E-state index is -0.402. The van der Waals surface area contributed by atoms with E-state index in [9.17, 15) is 9.59 Å². The van der Waals surface area contributed by atoms with Gasteiger partial charge < -0.3 is 15.8 Å². The van der Waals surface area contributed by atoms with Gasteiger partial charge in [-0.15, -0.1) is 0 Å². The summed E-state index contributed by atoms with van der Waals surface area (Å²) in [6.45, 7) is 3.79. The number of aldehydes is 1. The van der Waals surface area contributed by atoms with Crippen LogP contribution < -0.4 is 11.1 Å². The van der Waals surface area contributed by atoms with Crippen LogP contribution in [0.2, 0.25) is 0 Å². The first kappa shape index (κ1) is 15.7. The number of carbonyl (C=O) groups is 2. The summed E-state index contributed by atoms with van der Waals surface area (Å²) in [7, 11) is 0. The van der Waals surface area contributed by atoms with Crippen LogP contribution in [0.15, 0.2) is 17.3 Å². The Bertz CT molecular complexity index is 436. The third kappa shape index (κ3) is 4.41. The molecule has 5 nitrogen and oxygen atoms in total. The molecule has 0 aromatic rings. The molecule has 2 fully saturated rings. The van der Waals surface area contributed by atoms with Crippen LogP contribution in [0.3, 0.4) is 0 Å². The first-order valence-corrected chi connectivity index (χ1v) is 7.79. The number of hydrogen-bond acceptors (Lipinski definition) is 4. The topological polar surface area (TPSA) is 84.5 Å². The van der Waals surface area contributed by atoms with E-state index in [0.29, 0.717) is 17.8 Å². The van der Waals surface area contributed by atoms with E-state index < -0.39 is 6.04 Å². The van der Waals surface area contributed by atoms with E-state index in [1.165, 1.54) is 38.0 Å². The van der Waals surface area contributed by atoms with Gasteiger partial charge in [0, 0.05) is 6.04 Å². The van der Waals surface area contributed by atoms with E-state index >= 15 is 0 Å². The summed E-state index contributed by atoms with van der Waals surface area (Å²) >= 11 is 0. The van der Waals surface area contributed by atoms with Gasteiger partial charge in [0.2, 0.25) is 0 Å². The molecule has 0 aliphatic heterocycles. The van der Waals surface area contributed by atoms with Crippen molar-refractivity contribution in [2.24, 2.45) is 28.5 Å². The second kappa shape index (κ2) is 6.87. The van der Waals surface area contributed by atoms with Crippen molar-refractivity contribution in [1.29, 1.82) is 0 Å². The van der Waals surface area contributed by atoms with Gasteiger partial charge in [-0.05, 0) is 69.6 Å². The van der Waals surface area contributed by atoms with Crippen LogP contribution in [0.1, 0.15) is 39.5 Å². The minimum Gasteiger partial charge on any atom is -0.405 e. The monoisotopic (exact) mass is 291 g/mol. The normalized spacial score (nSPS) is 21.0. The Labute approximate surface area is 126 Å². The van der Waals surface area contributed by atoms with Gasteiger partial charge in [0.05, 0.1) is 6.04 Å². The lowest BCUT2D eigenvalue weighted by atomic mass is 9.90. The molecular weight excluding hydrogens is 266 g/mol. The molecule has 0 aromatic heterocycles. The predicted octanol–water partition coefficient (Wildman–Crippen LogP) is 1.43. The van der Waals surface area contributed by atoms with Crippen molar-refractivity contribution in [3.8, 4) is 0 Å². The SMILES string of the molecule is CC(C)N=C(/C=C\N)C(=O)N[C@H](C=O)C(C1CC1)C1CC1. The number of carbonyl (C=O) groups excluding carboxylic acids is 2. The van der Waals surface area contributed by atoms with E-state index in [1.807, 2.05) is 13.8 Å². The zero-order valence-electron chi connectivity index (χ0n) is 12.8. The molecule has 21 heavy (non-hydrogen) atoms. The van der Waals surface area contributed by atoms with Crippen molar-refractivity contribution in [1.82, 2.24) is 5.32 Å². The number of nitrogens with two attached hydrogens (primary N) is 1. The Kier molecular flexibility index (Phi) is 5.15. The lowest BCUT2D eigenvalue weighted by molar-refractivity contribution is -0.120. The zero-order chi connectivity index (χ0) is 15.4. The van der Waals surface area contributed by atoms with Crippen LogP contribution >= 0.6 is 0 Å². The summed E-state index contributed by atoms with van der Waals surface area (Å²) in [6.07, 6.45) is 8.39. The molecule has 0 saturated heterocycles. The number of nitrogens with one attached hydrogen (secondary N) is 1. The number of nitrogens with zero attached hydrogens (tertiary/aromatic N) is 1. The van der Waals surface area contributed by atoms with Crippen molar-refractivity contribution in [2.75, 3.05) is 0 Å². The summed E-state index contributed by atoms with van der Waals surface area (Å²) in [5, 5.41) is 2.86. The number of hydrogen-bond donors (Lipinski definition) is 2. The molecule has 0 bridgehead atoms. The number of amides is 1. The van der Waals surface area contributed by atoms with Crippen molar-refractivity contribution in [2.45, 2.75) is 51.6 Å². The second-order valence-electron chi connectivity index (χ2n) is 6.35. The first-order chi connectivity index (χ1) is 10.1. The highest BCUT2D eigenvalue weighted by atomic mass is 16.2. The van der Waals surface area contributed by atoms with Gasteiger partial charge in [0.1, 0.15) is 12.0 Å². The second-order valence-corrected chi connectivity index (χ2v) is 6.35. The van der Waals surface area contributed by atoms with E-state index in [-0.39, 0.29) is 17.7 Å². The van der Waals surface area contributed by atoms with Gasteiger partial charge in [-0.2, -0.15) is 0 Å². The van der Waals surface area contributed by atoms with Crippen LogP contribution in [0.4, 0.5) is 0 Å². The smallest absolute Gasteiger partial charge is 0.270 e. The maximum absolute atomic E-state index is 12.3. The molecule has 2 aliphatic carbocycles. The van der Waals surface area contributed by atoms with Gasteiger partial charge in [-0.3, -0.25) is 9.79 Å². The first-order valence-electron chi connectivity index (χ1n) is 7.79. The largest absolute Gasteiger partial charge is 0.405 e. The summed E-state index contributed by atoms with van der Waals surface area (Å²) in [6, 6.07) is -0.402. The molecule has 0 radical (unpaired) electrons. The van der Waals surface area contributed by atoms with Gasteiger partial charge in [-0.25, -0.2) is 0 Å². The van der Waals surface area contributed by atoms with Crippen LogP contribution in [-0.2, 0) is 9.59 Å². The number of rotatable bonds is 8. The molecule has 0 unspecified atom stereocenters. The van der Waals surface area contributed by atoms with E-state index in [0.717, 1.165) is 6.29 Å². The van der Waals surface area contributed by atoms with E-state index in [2.05, 4.69) is 10.3 Å². The van der Waals surface area contributed by atoms with Crippen molar-refractivity contribution in [3.63, 3.8) is 0 Å². The Morgan fingerprint density at radius 2 is 1.81 bits per heavy atom. The van der Waals surface area contributed by atoms with Crippen LogP contribution in [0.5, 0.6) is 0 Å². The molecule has 2 aliphatic rings. The summed E-state index contributed by atoms with van der Waals surface area (Å²) in [5.74, 6) is 1.19. The van der Waals surface area contributed by atoms with Crippen molar-refractivity contribution >= 4 is 17.9 Å². The molecule has 2 saturated carbocycles. The summed E-state index contributed by atoms with van der Waals surface area (Å²) in [4.78, 5) is 28.0. The highest BCUT2D eigenvalue weighted by Crippen LogP contribution is 2.50. The Hall–Kier alpha value is -1.65. The predicted molar refractivity (Wildman–Crippen MR) is 82.8 cm³/mol. The maximum Gasteiger partial charge on any atom is 0.270 e. The van der Waals surface area contributed by atoms with Crippen LogP contribution in [0, 0.1) is 17.8 Å². The Balaban J connectivity index is 2.05. The molecule has 0 aromatic carbocycles. The third-order valence-corrected chi connectivity index (χ3v) is 4.08. The molecule has 1 amide bonds. The molecule has 1 atom stereocenters. The van der Waals surface area contributed by atoms with Crippen molar-refractivity contribution < 1.29 is 9.59 Å². The zero-order valence-corrected chi connectivity index (χ0v) is 12.8. The summed E-state index contributed by atoms with van der Waals surface area (Å²) in [5.41, 5.74) is 5.65. The van der Waals surface area contributed by atoms with Gasteiger partial charge >= 0.3 is 0 Å². The van der Waals surface area contributed by atoms with Gasteiger partial charge in [0.15, 0.2) is 0 Å². The van der Waals surface area contributed by atoms with Gasteiger partial charge in [-0.1, -0.05) is 0 Å². The third-order valence-electron chi connectivity index (χ3n) is 4.08. The Morgan fingerprint density at radius 1 is 1.24 bits per heavy atom. The van der Waals surface area contributed by atoms with Crippen LogP contribution in [-0.4, -0.2) is 30.0 Å². The highest BCUT2D eigenvalue weighted by Gasteiger charge is 2.46. The molecule has 5 heteroatoms. The lowest BCUT2D eigenvalue weighted by Gasteiger charge is -2.23. The van der Waals surface area contributed by atoms with Crippen LogP contribution in [0.25, 0.3) is 0 Å². The fourth-order valence-electron chi connectivity index (χ4n) is 2.93. The van der Waals surface area contributed by atoms with E-state index in [1.54, 1.807) is 0 Å². The molecular formula is C16H25N3O2. The molecule has 116 valence electrons. The minimum absolute atomic E-state index is 0.000655. The average molecular weight is 291 g/mol. The Morgan fingerprint density at radius 3 is 2.19 bits per heavy atom. The quantitative estimate of drug-likeness (QED) is 0.524. The molecule has 0 spiro atoms. The molecule has 3 N–H and O–H groups in total. The standard InChI is InChI=1S/C16H25N3O2/c1-10(2)18-13(7-8-17)16(21)19-14(9-20)15(11-3-4-11)12-5-6-12/h7-12,14-15H,3-6,17H2,1-2H3,(H,19,21)/b8-7-,18-13?/t14-/m1/s1. The van der Waals surface area contributed by atoms with E-state index in [4.69, 9.17) is 5.73 Å². The number of aliphatic imine (C=N–C) groups is 1.